The lowest BCUT2D eigenvalue weighted by Gasteiger charge is -2.13. The fourth-order valence-corrected chi connectivity index (χ4v) is 1.91. The molecular formula is C11H21NO4S. The highest BCUT2D eigenvalue weighted by molar-refractivity contribution is 7.99. The number of thioether (sulfide) groups is 1. The van der Waals surface area contributed by atoms with Crippen molar-refractivity contribution in [2.45, 2.75) is 32.2 Å². The van der Waals surface area contributed by atoms with Gasteiger partial charge in [-0.05, 0) is 6.42 Å². The first-order valence-corrected chi connectivity index (χ1v) is 6.86. The standard InChI is InChI=1S/C11H21NO4S/c1-3-4-5-9(11(14)15)12-10(13)8-17-7-6-16-2/h9H,3-8H2,1-2H3,(H,12,13)(H,14,15). The first kappa shape index (κ1) is 16.2. The zero-order valence-electron chi connectivity index (χ0n) is 10.4. The largest absolute Gasteiger partial charge is 0.480 e. The number of aliphatic carboxylic acids is 1. The molecule has 0 rings (SSSR count). The van der Waals surface area contributed by atoms with Gasteiger partial charge in [0, 0.05) is 12.9 Å². The highest BCUT2D eigenvalue weighted by Crippen LogP contribution is 2.03. The molecule has 0 aromatic carbocycles. The van der Waals surface area contributed by atoms with Crippen molar-refractivity contribution in [3.05, 3.63) is 0 Å². The summed E-state index contributed by atoms with van der Waals surface area (Å²) in [6.45, 7) is 2.58. The summed E-state index contributed by atoms with van der Waals surface area (Å²) in [7, 11) is 1.60. The third-order valence-electron chi connectivity index (χ3n) is 2.14. The van der Waals surface area contributed by atoms with E-state index in [1.165, 1.54) is 11.8 Å². The summed E-state index contributed by atoms with van der Waals surface area (Å²) in [4.78, 5) is 22.3. The van der Waals surface area contributed by atoms with Gasteiger partial charge in [-0.3, -0.25) is 4.79 Å². The number of nitrogens with one attached hydrogen (secondary N) is 1. The highest BCUT2D eigenvalue weighted by atomic mass is 32.2. The average Bonchev–Trinajstić information content (AvgIpc) is 2.29. The molecule has 17 heavy (non-hydrogen) atoms. The van der Waals surface area contributed by atoms with Crippen molar-refractivity contribution in [1.29, 1.82) is 0 Å². The van der Waals surface area contributed by atoms with Crippen LogP contribution < -0.4 is 5.32 Å². The Morgan fingerprint density at radius 2 is 2.18 bits per heavy atom. The Bertz CT molecular complexity index is 236. The molecule has 0 fully saturated rings. The predicted octanol–water partition coefficient (Wildman–Crippen LogP) is 1.13. The van der Waals surface area contributed by atoms with E-state index in [0.717, 1.165) is 18.6 Å². The van der Waals surface area contributed by atoms with Crippen LogP contribution in [-0.4, -0.2) is 48.2 Å². The van der Waals surface area contributed by atoms with E-state index in [9.17, 15) is 9.59 Å². The van der Waals surface area contributed by atoms with Crippen molar-refractivity contribution in [3.8, 4) is 0 Å². The second-order valence-electron chi connectivity index (χ2n) is 3.65. The van der Waals surface area contributed by atoms with Gasteiger partial charge in [-0.1, -0.05) is 19.8 Å². The minimum atomic E-state index is -0.964. The molecule has 0 heterocycles. The van der Waals surface area contributed by atoms with E-state index in [1.807, 2.05) is 6.92 Å². The maximum absolute atomic E-state index is 11.4. The number of hydrogen-bond acceptors (Lipinski definition) is 4. The Labute approximate surface area is 106 Å². The molecule has 1 amide bonds. The molecule has 0 aliphatic rings. The van der Waals surface area contributed by atoms with Crippen molar-refractivity contribution in [3.63, 3.8) is 0 Å². The van der Waals surface area contributed by atoms with Crippen LogP contribution in [-0.2, 0) is 14.3 Å². The van der Waals surface area contributed by atoms with Gasteiger partial charge in [0.05, 0.1) is 12.4 Å². The molecule has 2 N–H and O–H groups in total. The van der Waals surface area contributed by atoms with Crippen molar-refractivity contribution in [2.75, 3.05) is 25.2 Å². The van der Waals surface area contributed by atoms with E-state index >= 15 is 0 Å². The molecule has 5 nitrogen and oxygen atoms in total. The summed E-state index contributed by atoms with van der Waals surface area (Å²) in [5.41, 5.74) is 0. The maximum Gasteiger partial charge on any atom is 0.326 e. The molecule has 0 aliphatic carbocycles. The molecule has 1 atom stereocenters. The van der Waals surface area contributed by atoms with E-state index < -0.39 is 12.0 Å². The number of methoxy groups -OCH3 is 1. The molecule has 0 aromatic rings. The third kappa shape index (κ3) is 9.00. The summed E-state index contributed by atoms with van der Waals surface area (Å²) in [6, 6.07) is -0.759. The Balaban J connectivity index is 3.83. The molecule has 0 spiro atoms. The third-order valence-corrected chi connectivity index (χ3v) is 3.07. The van der Waals surface area contributed by atoms with Crippen molar-refractivity contribution >= 4 is 23.6 Å². The van der Waals surface area contributed by atoms with Gasteiger partial charge in [0.2, 0.25) is 5.91 Å². The molecule has 0 bridgehead atoms. The smallest absolute Gasteiger partial charge is 0.326 e. The van der Waals surface area contributed by atoms with E-state index in [1.54, 1.807) is 7.11 Å². The summed E-state index contributed by atoms with van der Waals surface area (Å²) in [5.74, 6) is -0.182. The van der Waals surface area contributed by atoms with Gasteiger partial charge in [-0.2, -0.15) is 0 Å². The molecule has 0 saturated carbocycles. The Morgan fingerprint density at radius 3 is 2.71 bits per heavy atom. The first-order valence-electron chi connectivity index (χ1n) is 5.70. The zero-order chi connectivity index (χ0) is 13.1. The van der Waals surface area contributed by atoms with Crippen molar-refractivity contribution in [2.24, 2.45) is 0 Å². The first-order chi connectivity index (χ1) is 8.11. The summed E-state index contributed by atoms with van der Waals surface area (Å²) < 4.78 is 4.85. The molecule has 0 aliphatic heterocycles. The van der Waals surface area contributed by atoms with Gasteiger partial charge in [0.25, 0.3) is 0 Å². The number of unbranched alkanes of at least 4 members (excludes halogenated alkanes) is 1. The van der Waals surface area contributed by atoms with Crippen LogP contribution in [0.1, 0.15) is 26.2 Å². The second kappa shape index (κ2) is 10.4. The van der Waals surface area contributed by atoms with Gasteiger partial charge in [0.15, 0.2) is 0 Å². The van der Waals surface area contributed by atoms with Crippen LogP contribution in [0.2, 0.25) is 0 Å². The van der Waals surface area contributed by atoms with E-state index in [-0.39, 0.29) is 11.7 Å². The number of carbonyl (C=O) groups excluding carboxylic acids is 1. The quantitative estimate of drug-likeness (QED) is 0.578. The molecule has 1 unspecified atom stereocenters. The maximum atomic E-state index is 11.4. The van der Waals surface area contributed by atoms with E-state index in [4.69, 9.17) is 9.84 Å². The number of carboxylic acid groups (broad SMARTS) is 1. The lowest BCUT2D eigenvalue weighted by Crippen LogP contribution is -2.41. The van der Waals surface area contributed by atoms with Gasteiger partial charge >= 0.3 is 5.97 Å². The van der Waals surface area contributed by atoms with E-state index in [2.05, 4.69) is 5.32 Å². The van der Waals surface area contributed by atoms with Gasteiger partial charge in [-0.25, -0.2) is 4.79 Å². The monoisotopic (exact) mass is 263 g/mol. The summed E-state index contributed by atoms with van der Waals surface area (Å²) in [6.07, 6.45) is 2.20. The molecule has 6 heteroatoms. The van der Waals surface area contributed by atoms with Crippen molar-refractivity contribution in [1.82, 2.24) is 5.32 Å². The molecular weight excluding hydrogens is 242 g/mol. The van der Waals surface area contributed by atoms with Crippen LogP contribution in [0.3, 0.4) is 0 Å². The average molecular weight is 263 g/mol. The zero-order valence-corrected chi connectivity index (χ0v) is 11.2. The number of rotatable bonds is 10. The van der Waals surface area contributed by atoms with Gasteiger partial charge in [-0.15, -0.1) is 11.8 Å². The minimum Gasteiger partial charge on any atom is -0.480 e. The predicted molar refractivity (Wildman–Crippen MR) is 68.3 cm³/mol. The lowest BCUT2D eigenvalue weighted by molar-refractivity contribution is -0.141. The van der Waals surface area contributed by atoms with Gasteiger partial charge in [0.1, 0.15) is 6.04 Å². The topological polar surface area (TPSA) is 75.6 Å². The molecule has 100 valence electrons. The molecule has 0 saturated heterocycles. The number of carboxylic acids is 1. The van der Waals surface area contributed by atoms with Crippen LogP contribution in [0.25, 0.3) is 0 Å². The van der Waals surface area contributed by atoms with Crippen LogP contribution >= 0.6 is 11.8 Å². The van der Waals surface area contributed by atoms with Crippen LogP contribution in [0.5, 0.6) is 0 Å². The Hall–Kier alpha value is -0.750. The summed E-state index contributed by atoms with van der Waals surface area (Å²) in [5, 5.41) is 11.4. The highest BCUT2D eigenvalue weighted by Gasteiger charge is 2.18. The lowest BCUT2D eigenvalue weighted by atomic mass is 10.1. The SMILES string of the molecule is CCCCC(NC(=O)CSCCOC)C(=O)O. The van der Waals surface area contributed by atoms with Gasteiger partial charge < -0.3 is 15.2 Å². The molecule has 0 aromatic heterocycles. The fourth-order valence-electron chi connectivity index (χ4n) is 1.21. The van der Waals surface area contributed by atoms with Crippen molar-refractivity contribution < 1.29 is 19.4 Å². The van der Waals surface area contributed by atoms with Crippen LogP contribution in [0, 0.1) is 0 Å². The van der Waals surface area contributed by atoms with E-state index in [0.29, 0.717) is 13.0 Å². The number of hydrogen-bond donors (Lipinski definition) is 2. The number of ether oxygens (including phenoxy) is 1. The second-order valence-corrected chi connectivity index (χ2v) is 4.75. The summed E-state index contributed by atoms with van der Waals surface area (Å²) >= 11 is 1.43. The minimum absolute atomic E-state index is 0.227. The molecule has 0 radical (unpaired) electrons. The van der Waals surface area contributed by atoms with Crippen LogP contribution in [0.15, 0.2) is 0 Å². The fraction of sp³-hybridized carbons (Fsp3) is 0.818. The Morgan fingerprint density at radius 1 is 1.47 bits per heavy atom. The van der Waals surface area contributed by atoms with Crippen LogP contribution in [0.4, 0.5) is 0 Å². The number of amides is 1. The number of carbonyl (C=O) groups is 2. The Kier molecular flexibility index (Phi) is 9.95. The normalized spacial score (nSPS) is 12.1.